The highest BCUT2D eigenvalue weighted by Gasteiger charge is 2.14. The number of H-pyrrole nitrogens is 1. The number of aromatic amines is 1. The Morgan fingerprint density at radius 3 is 3.00 bits per heavy atom. The zero-order chi connectivity index (χ0) is 11.8. The molecule has 83 valence electrons. The van der Waals surface area contributed by atoms with Gasteiger partial charge in [0.15, 0.2) is 5.76 Å². The molecule has 3 rings (SSSR count). The zero-order valence-corrected chi connectivity index (χ0v) is 9.41. The van der Waals surface area contributed by atoms with E-state index >= 15 is 0 Å². The lowest BCUT2D eigenvalue weighted by molar-refractivity contribution is 0.100. The first kappa shape index (κ1) is 10.2. The number of fused-ring (bicyclic) bond motifs is 1. The van der Waals surface area contributed by atoms with Crippen LogP contribution in [0.15, 0.2) is 41.0 Å². The van der Waals surface area contributed by atoms with E-state index in [1.165, 1.54) is 6.26 Å². The third-order valence-electron chi connectivity index (χ3n) is 2.47. The minimum absolute atomic E-state index is 0.220. The van der Waals surface area contributed by atoms with E-state index in [0.29, 0.717) is 16.5 Å². The average Bonchev–Trinajstić information content (AvgIpc) is 2.96. The standard InChI is InChI=1S/C13H7ClNO2/c14-9-4-3-8-6-11(15-10(8)7-9)13(16)12-2-1-5-17-12/h1-5,7,15H. The van der Waals surface area contributed by atoms with Crippen LogP contribution in [-0.4, -0.2) is 10.8 Å². The van der Waals surface area contributed by atoms with Gasteiger partial charge in [0.2, 0.25) is 5.78 Å². The van der Waals surface area contributed by atoms with E-state index in [9.17, 15) is 4.79 Å². The van der Waals surface area contributed by atoms with Crippen LogP contribution in [0.4, 0.5) is 0 Å². The number of halogens is 1. The Morgan fingerprint density at radius 2 is 2.24 bits per heavy atom. The number of aromatic nitrogens is 1. The van der Waals surface area contributed by atoms with Crippen molar-refractivity contribution >= 4 is 28.3 Å². The largest absolute Gasteiger partial charge is 0.461 e. The van der Waals surface area contributed by atoms with Gasteiger partial charge < -0.3 is 9.40 Å². The SMILES string of the molecule is O=C(c1[c]c2ccc(Cl)cc2[nH]1)c1ccco1. The van der Waals surface area contributed by atoms with Crippen LogP contribution in [-0.2, 0) is 0 Å². The maximum absolute atomic E-state index is 12.0. The molecular weight excluding hydrogens is 238 g/mol. The van der Waals surface area contributed by atoms with Crippen LogP contribution in [0.2, 0.25) is 5.02 Å². The van der Waals surface area contributed by atoms with Crippen LogP contribution in [0.25, 0.3) is 10.9 Å². The van der Waals surface area contributed by atoms with Gasteiger partial charge in [0.25, 0.3) is 0 Å². The van der Waals surface area contributed by atoms with Crippen molar-refractivity contribution in [2.45, 2.75) is 0 Å². The van der Waals surface area contributed by atoms with E-state index in [4.69, 9.17) is 16.0 Å². The maximum Gasteiger partial charge on any atom is 0.244 e. The molecule has 0 fully saturated rings. The minimum Gasteiger partial charge on any atom is -0.461 e. The Bertz CT molecular complexity index is 683. The summed E-state index contributed by atoms with van der Waals surface area (Å²) in [7, 11) is 0. The molecule has 3 nitrogen and oxygen atoms in total. The highest BCUT2D eigenvalue weighted by molar-refractivity contribution is 6.31. The van der Waals surface area contributed by atoms with E-state index < -0.39 is 0 Å². The molecule has 1 aromatic carbocycles. The summed E-state index contributed by atoms with van der Waals surface area (Å²) >= 11 is 5.87. The van der Waals surface area contributed by atoms with Crippen LogP contribution in [0.1, 0.15) is 16.2 Å². The third-order valence-corrected chi connectivity index (χ3v) is 2.71. The Kier molecular flexibility index (Phi) is 2.27. The number of hydrogen-bond acceptors (Lipinski definition) is 2. The van der Waals surface area contributed by atoms with Gasteiger partial charge in [-0.05, 0) is 24.3 Å². The van der Waals surface area contributed by atoms with Crippen molar-refractivity contribution in [1.29, 1.82) is 0 Å². The van der Waals surface area contributed by atoms with Gasteiger partial charge in [0.05, 0.1) is 12.0 Å². The summed E-state index contributed by atoms with van der Waals surface area (Å²) in [5, 5.41) is 1.44. The number of benzene rings is 1. The van der Waals surface area contributed by atoms with Crippen molar-refractivity contribution < 1.29 is 9.21 Å². The number of carbonyl (C=O) groups excluding carboxylic acids is 1. The molecule has 2 heterocycles. The fourth-order valence-corrected chi connectivity index (χ4v) is 1.85. The van der Waals surface area contributed by atoms with Gasteiger partial charge in [0, 0.05) is 22.0 Å². The molecule has 0 unspecified atom stereocenters. The molecule has 3 aromatic rings. The normalized spacial score (nSPS) is 10.9. The summed E-state index contributed by atoms with van der Waals surface area (Å²) in [6.45, 7) is 0. The number of carbonyl (C=O) groups is 1. The molecule has 0 aliphatic heterocycles. The highest BCUT2D eigenvalue weighted by Crippen LogP contribution is 2.20. The van der Waals surface area contributed by atoms with E-state index in [1.807, 2.05) is 6.07 Å². The highest BCUT2D eigenvalue weighted by atomic mass is 35.5. The van der Waals surface area contributed by atoms with Crippen molar-refractivity contribution in [2.75, 3.05) is 0 Å². The monoisotopic (exact) mass is 244 g/mol. The van der Waals surface area contributed by atoms with Crippen molar-refractivity contribution in [3.8, 4) is 0 Å². The number of nitrogens with one attached hydrogen (secondary N) is 1. The first-order valence-electron chi connectivity index (χ1n) is 5.03. The summed E-state index contributed by atoms with van der Waals surface area (Å²) < 4.78 is 5.05. The van der Waals surface area contributed by atoms with Crippen molar-refractivity contribution in [1.82, 2.24) is 4.98 Å². The molecule has 0 atom stereocenters. The van der Waals surface area contributed by atoms with E-state index in [1.54, 1.807) is 24.3 Å². The molecule has 0 spiro atoms. The molecule has 2 aromatic heterocycles. The molecule has 0 saturated heterocycles. The summed E-state index contributed by atoms with van der Waals surface area (Å²) in [5.41, 5.74) is 1.16. The molecule has 0 aliphatic rings. The second kappa shape index (κ2) is 3.79. The van der Waals surface area contributed by atoms with Gasteiger partial charge in [-0.2, -0.15) is 0 Å². The molecule has 17 heavy (non-hydrogen) atoms. The quantitative estimate of drug-likeness (QED) is 0.702. The van der Waals surface area contributed by atoms with E-state index in [0.717, 1.165) is 10.9 Å². The van der Waals surface area contributed by atoms with E-state index in [-0.39, 0.29) is 5.78 Å². The lowest BCUT2D eigenvalue weighted by Crippen LogP contribution is -1.99. The van der Waals surface area contributed by atoms with Gasteiger partial charge in [-0.25, -0.2) is 0 Å². The molecule has 0 saturated carbocycles. The van der Waals surface area contributed by atoms with Crippen molar-refractivity contribution in [3.63, 3.8) is 0 Å². The first-order valence-corrected chi connectivity index (χ1v) is 5.40. The fourth-order valence-electron chi connectivity index (χ4n) is 1.67. The number of ketones is 1. The molecule has 0 aliphatic carbocycles. The smallest absolute Gasteiger partial charge is 0.244 e. The average molecular weight is 245 g/mol. The lowest BCUT2D eigenvalue weighted by atomic mass is 10.2. The predicted octanol–water partition coefficient (Wildman–Crippen LogP) is 3.45. The Balaban J connectivity index is 2.09. The summed E-state index contributed by atoms with van der Waals surface area (Å²) in [6, 6.07) is 11.6. The second-order valence-corrected chi connectivity index (χ2v) is 4.06. The maximum atomic E-state index is 12.0. The van der Waals surface area contributed by atoms with Crippen LogP contribution < -0.4 is 0 Å². The van der Waals surface area contributed by atoms with Gasteiger partial charge >= 0.3 is 0 Å². The Hall–Kier alpha value is -2.00. The van der Waals surface area contributed by atoms with Gasteiger partial charge in [0.1, 0.15) is 0 Å². The van der Waals surface area contributed by atoms with Crippen LogP contribution in [0.5, 0.6) is 0 Å². The molecular formula is C13H7ClNO2. The van der Waals surface area contributed by atoms with Crippen molar-refractivity contribution in [3.05, 3.63) is 59.1 Å². The third kappa shape index (κ3) is 1.74. The van der Waals surface area contributed by atoms with Crippen molar-refractivity contribution in [2.24, 2.45) is 0 Å². The molecule has 1 N–H and O–H groups in total. The first-order chi connectivity index (χ1) is 8.24. The summed E-state index contributed by atoms with van der Waals surface area (Å²) in [4.78, 5) is 14.9. The summed E-state index contributed by atoms with van der Waals surface area (Å²) in [6.07, 6.45) is 1.47. The van der Waals surface area contributed by atoms with Gasteiger partial charge in [-0.3, -0.25) is 4.79 Å². The molecule has 0 bridgehead atoms. The predicted molar refractivity (Wildman–Crippen MR) is 64.3 cm³/mol. The number of rotatable bonds is 2. The number of furan rings is 1. The van der Waals surface area contributed by atoms with E-state index in [2.05, 4.69) is 11.1 Å². The van der Waals surface area contributed by atoms with Crippen LogP contribution in [0, 0.1) is 6.07 Å². The number of hydrogen-bond donors (Lipinski definition) is 1. The minimum atomic E-state index is -0.220. The molecule has 0 amide bonds. The molecule has 4 heteroatoms. The van der Waals surface area contributed by atoms with Gasteiger partial charge in [-0.1, -0.05) is 17.7 Å². The van der Waals surface area contributed by atoms with Gasteiger partial charge in [-0.15, -0.1) is 0 Å². The van der Waals surface area contributed by atoms with Crippen LogP contribution in [0.3, 0.4) is 0 Å². The molecule has 1 radical (unpaired) electrons. The summed E-state index contributed by atoms with van der Waals surface area (Å²) in [5.74, 6) is 0.0706. The Labute approximate surface area is 102 Å². The lowest BCUT2D eigenvalue weighted by Gasteiger charge is -1.91. The topological polar surface area (TPSA) is 46.0 Å². The Morgan fingerprint density at radius 1 is 1.35 bits per heavy atom. The fraction of sp³-hybridized carbons (Fsp3) is 0. The zero-order valence-electron chi connectivity index (χ0n) is 8.66. The van der Waals surface area contributed by atoms with Crippen LogP contribution >= 0.6 is 11.6 Å². The second-order valence-electron chi connectivity index (χ2n) is 3.62.